The fraction of sp³-hybridized carbons (Fsp3) is 0.273. The topological polar surface area (TPSA) is 87.7 Å². The van der Waals surface area contributed by atoms with Gasteiger partial charge in [0.05, 0.1) is 12.3 Å². The summed E-state index contributed by atoms with van der Waals surface area (Å²) in [5.74, 6) is -1.44. The molecule has 0 saturated carbocycles. The fourth-order valence-electron chi connectivity index (χ4n) is 1.15. The second-order valence-corrected chi connectivity index (χ2v) is 4.61. The van der Waals surface area contributed by atoms with E-state index in [4.69, 9.17) is 9.84 Å². The number of anilines is 1. The van der Waals surface area contributed by atoms with Crippen molar-refractivity contribution in [2.75, 3.05) is 25.1 Å². The van der Waals surface area contributed by atoms with Gasteiger partial charge in [0, 0.05) is 10.1 Å². The average Bonchev–Trinajstić information content (AvgIpc) is 2.32. The Labute approximate surface area is 122 Å². The number of hydrogen-bond acceptors (Lipinski definition) is 3. The van der Waals surface area contributed by atoms with Crippen LogP contribution in [0.2, 0.25) is 0 Å². The number of nitrogens with one attached hydrogen (secondary N) is 2. The Balaban J connectivity index is 2.29. The van der Waals surface area contributed by atoms with Crippen LogP contribution in [0.3, 0.4) is 0 Å². The largest absolute Gasteiger partial charge is 0.480 e. The first kappa shape index (κ1) is 15.6. The Bertz CT molecular complexity index is 470. The van der Waals surface area contributed by atoms with Crippen molar-refractivity contribution in [1.29, 1.82) is 0 Å². The SMILES string of the molecule is O=C(O)COCCNC(=O)Nc1ccc(F)cc1I. The fourth-order valence-corrected chi connectivity index (χ4v) is 1.77. The summed E-state index contributed by atoms with van der Waals surface area (Å²) in [7, 11) is 0. The van der Waals surface area contributed by atoms with E-state index < -0.39 is 18.6 Å². The van der Waals surface area contributed by atoms with E-state index in [0.717, 1.165) is 0 Å². The summed E-state index contributed by atoms with van der Waals surface area (Å²) in [6.45, 7) is -0.129. The first-order chi connectivity index (χ1) is 8.99. The van der Waals surface area contributed by atoms with Crippen LogP contribution in [0.15, 0.2) is 18.2 Å². The lowest BCUT2D eigenvalue weighted by Gasteiger charge is -2.09. The predicted octanol–water partition coefficient (Wildman–Crippen LogP) is 1.65. The minimum atomic E-state index is -1.06. The van der Waals surface area contributed by atoms with Crippen LogP contribution in [0, 0.1) is 9.39 Å². The highest BCUT2D eigenvalue weighted by molar-refractivity contribution is 14.1. The molecular formula is C11H12FIN2O4. The molecular weight excluding hydrogens is 370 g/mol. The minimum absolute atomic E-state index is 0.0975. The van der Waals surface area contributed by atoms with Crippen molar-refractivity contribution in [2.24, 2.45) is 0 Å². The Morgan fingerprint density at radius 1 is 1.42 bits per heavy atom. The first-order valence-electron chi connectivity index (χ1n) is 5.28. The predicted molar refractivity (Wildman–Crippen MR) is 74.6 cm³/mol. The van der Waals surface area contributed by atoms with Crippen molar-refractivity contribution in [3.8, 4) is 0 Å². The quantitative estimate of drug-likeness (QED) is 0.516. The van der Waals surface area contributed by atoms with Crippen molar-refractivity contribution in [1.82, 2.24) is 5.32 Å². The van der Waals surface area contributed by atoms with Gasteiger partial charge in [0.2, 0.25) is 0 Å². The summed E-state index contributed by atoms with van der Waals surface area (Å²) in [6, 6.07) is 3.53. The van der Waals surface area contributed by atoms with E-state index in [1.165, 1.54) is 18.2 Å². The lowest BCUT2D eigenvalue weighted by molar-refractivity contribution is -0.142. The molecule has 2 amide bonds. The Morgan fingerprint density at radius 2 is 2.16 bits per heavy atom. The second-order valence-electron chi connectivity index (χ2n) is 3.45. The number of hydrogen-bond donors (Lipinski definition) is 3. The maximum atomic E-state index is 12.8. The van der Waals surface area contributed by atoms with Gasteiger partial charge in [-0.05, 0) is 40.8 Å². The molecule has 0 heterocycles. The molecule has 0 aliphatic carbocycles. The van der Waals surface area contributed by atoms with Crippen LogP contribution in [0.5, 0.6) is 0 Å². The third-order valence-electron chi connectivity index (χ3n) is 1.94. The highest BCUT2D eigenvalue weighted by Gasteiger charge is 2.05. The summed E-state index contributed by atoms with van der Waals surface area (Å²) in [6.07, 6.45) is 0. The van der Waals surface area contributed by atoms with Crippen LogP contribution in [-0.2, 0) is 9.53 Å². The zero-order valence-electron chi connectivity index (χ0n) is 9.78. The first-order valence-corrected chi connectivity index (χ1v) is 6.36. The summed E-state index contributed by atoms with van der Waals surface area (Å²) >= 11 is 1.91. The van der Waals surface area contributed by atoms with Crippen LogP contribution < -0.4 is 10.6 Å². The third kappa shape index (κ3) is 6.34. The molecule has 19 heavy (non-hydrogen) atoms. The number of urea groups is 1. The van der Waals surface area contributed by atoms with E-state index in [-0.39, 0.29) is 19.0 Å². The average molecular weight is 382 g/mol. The number of rotatable bonds is 6. The Morgan fingerprint density at radius 3 is 2.79 bits per heavy atom. The van der Waals surface area contributed by atoms with E-state index in [1.807, 2.05) is 22.6 Å². The molecule has 1 rings (SSSR count). The Hall–Kier alpha value is -1.42. The molecule has 1 aromatic rings. The molecule has 1 aromatic carbocycles. The van der Waals surface area contributed by atoms with Gasteiger partial charge in [-0.1, -0.05) is 0 Å². The molecule has 104 valence electrons. The van der Waals surface area contributed by atoms with Crippen LogP contribution in [0.25, 0.3) is 0 Å². The lowest BCUT2D eigenvalue weighted by Crippen LogP contribution is -2.32. The van der Waals surface area contributed by atoms with Crippen molar-refractivity contribution in [3.63, 3.8) is 0 Å². The molecule has 6 nitrogen and oxygen atoms in total. The van der Waals surface area contributed by atoms with Crippen LogP contribution >= 0.6 is 22.6 Å². The van der Waals surface area contributed by atoms with Crippen molar-refractivity contribution in [3.05, 3.63) is 27.6 Å². The van der Waals surface area contributed by atoms with Crippen LogP contribution in [0.1, 0.15) is 0 Å². The maximum absolute atomic E-state index is 12.8. The van der Waals surface area contributed by atoms with Gasteiger partial charge in [-0.15, -0.1) is 0 Å². The number of carbonyl (C=O) groups is 2. The number of aliphatic carboxylic acids is 1. The number of carboxylic acid groups (broad SMARTS) is 1. The molecule has 0 unspecified atom stereocenters. The molecule has 0 aromatic heterocycles. The molecule has 0 radical (unpaired) electrons. The molecule has 0 aliphatic heterocycles. The van der Waals surface area contributed by atoms with E-state index in [9.17, 15) is 14.0 Å². The zero-order chi connectivity index (χ0) is 14.3. The van der Waals surface area contributed by atoms with Gasteiger partial charge in [0.1, 0.15) is 12.4 Å². The highest BCUT2D eigenvalue weighted by Crippen LogP contribution is 2.18. The van der Waals surface area contributed by atoms with Crippen molar-refractivity contribution < 1.29 is 23.8 Å². The van der Waals surface area contributed by atoms with Crippen LogP contribution in [-0.4, -0.2) is 36.9 Å². The van der Waals surface area contributed by atoms with E-state index in [0.29, 0.717) is 9.26 Å². The van der Waals surface area contributed by atoms with Gasteiger partial charge in [-0.3, -0.25) is 0 Å². The summed E-state index contributed by atoms with van der Waals surface area (Å²) in [5, 5.41) is 13.3. The van der Waals surface area contributed by atoms with Gasteiger partial charge in [0.25, 0.3) is 0 Å². The number of halogens is 2. The molecule has 0 saturated heterocycles. The van der Waals surface area contributed by atoms with E-state index in [2.05, 4.69) is 10.6 Å². The number of carbonyl (C=O) groups excluding carboxylic acids is 1. The molecule has 0 atom stereocenters. The molecule has 8 heteroatoms. The van der Waals surface area contributed by atoms with Crippen molar-refractivity contribution in [2.45, 2.75) is 0 Å². The normalized spacial score (nSPS) is 10.0. The van der Waals surface area contributed by atoms with Gasteiger partial charge >= 0.3 is 12.0 Å². The van der Waals surface area contributed by atoms with Gasteiger partial charge in [0.15, 0.2) is 0 Å². The minimum Gasteiger partial charge on any atom is -0.480 e. The smallest absolute Gasteiger partial charge is 0.329 e. The number of carboxylic acids is 1. The lowest BCUT2D eigenvalue weighted by atomic mass is 10.3. The molecule has 0 bridgehead atoms. The maximum Gasteiger partial charge on any atom is 0.329 e. The monoisotopic (exact) mass is 382 g/mol. The highest BCUT2D eigenvalue weighted by atomic mass is 127. The summed E-state index contributed by atoms with van der Waals surface area (Å²) in [5.41, 5.74) is 0.492. The number of amides is 2. The van der Waals surface area contributed by atoms with Gasteiger partial charge in [-0.25, -0.2) is 14.0 Å². The molecule has 0 spiro atoms. The van der Waals surface area contributed by atoms with E-state index >= 15 is 0 Å². The molecule has 3 N–H and O–H groups in total. The summed E-state index contributed by atoms with van der Waals surface area (Å²) in [4.78, 5) is 21.6. The van der Waals surface area contributed by atoms with Crippen LogP contribution in [0.4, 0.5) is 14.9 Å². The number of benzene rings is 1. The van der Waals surface area contributed by atoms with Gasteiger partial charge in [-0.2, -0.15) is 0 Å². The third-order valence-corrected chi connectivity index (χ3v) is 2.83. The summed E-state index contributed by atoms with van der Waals surface area (Å²) < 4.78 is 18.2. The standard InChI is InChI=1S/C11H12FIN2O4/c12-7-1-2-9(8(13)5-7)15-11(18)14-3-4-19-6-10(16)17/h1-2,5H,3-4,6H2,(H,16,17)(H2,14,15,18). The number of ether oxygens (including phenoxy) is 1. The van der Waals surface area contributed by atoms with Gasteiger partial charge < -0.3 is 20.5 Å². The second kappa shape index (κ2) is 7.89. The van der Waals surface area contributed by atoms with E-state index in [1.54, 1.807) is 0 Å². The van der Waals surface area contributed by atoms with Crippen molar-refractivity contribution >= 4 is 40.3 Å². The zero-order valence-corrected chi connectivity index (χ0v) is 11.9. The Kier molecular flexibility index (Phi) is 6.50. The molecule has 0 fully saturated rings. The molecule has 0 aliphatic rings.